The molecule has 6 nitrogen and oxygen atoms in total. The summed E-state index contributed by atoms with van der Waals surface area (Å²) in [5, 5.41) is 8.87. The number of hydrogen-bond donors (Lipinski definition) is 1. The third-order valence-electron chi connectivity index (χ3n) is 4.61. The molecule has 2 bridgehead atoms. The molecule has 22 heavy (non-hydrogen) atoms. The van der Waals surface area contributed by atoms with Crippen LogP contribution in [0.3, 0.4) is 0 Å². The maximum absolute atomic E-state index is 12.6. The Bertz CT molecular complexity index is 549. The van der Waals surface area contributed by atoms with Crippen molar-refractivity contribution in [1.29, 1.82) is 0 Å². The normalized spacial score (nSPS) is 25.0. The summed E-state index contributed by atoms with van der Waals surface area (Å²) in [7, 11) is 0. The molecule has 1 aromatic heterocycles. The predicted octanol–water partition coefficient (Wildman–Crippen LogP) is 1.09. The van der Waals surface area contributed by atoms with E-state index in [4.69, 9.17) is 5.11 Å². The first-order valence-corrected chi connectivity index (χ1v) is 7.79. The number of pyridine rings is 1. The van der Waals surface area contributed by atoms with Crippen LogP contribution in [-0.2, 0) is 4.79 Å². The van der Waals surface area contributed by atoms with Gasteiger partial charge < -0.3 is 10.0 Å². The molecular weight excluding hydrogens is 282 g/mol. The first-order valence-electron chi connectivity index (χ1n) is 7.79. The Morgan fingerprint density at radius 1 is 1.23 bits per heavy atom. The minimum atomic E-state index is -0.762. The van der Waals surface area contributed by atoms with Gasteiger partial charge in [-0.2, -0.15) is 0 Å². The second kappa shape index (κ2) is 6.44. The first kappa shape index (κ1) is 15.0. The predicted molar refractivity (Wildman–Crippen MR) is 80.5 cm³/mol. The van der Waals surface area contributed by atoms with Gasteiger partial charge in [-0.05, 0) is 30.9 Å². The van der Waals surface area contributed by atoms with Gasteiger partial charge in [0.1, 0.15) is 5.69 Å². The molecule has 4 rings (SSSR count). The molecule has 2 atom stereocenters. The Kier molecular flexibility index (Phi) is 4.38. The van der Waals surface area contributed by atoms with E-state index in [0.717, 1.165) is 25.9 Å². The third kappa shape index (κ3) is 3.27. The van der Waals surface area contributed by atoms with E-state index in [1.165, 1.54) is 0 Å². The highest BCUT2D eigenvalue weighted by atomic mass is 16.4. The van der Waals surface area contributed by atoms with Crippen LogP contribution in [0, 0.1) is 5.92 Å². The fraction of sp³-hybridized carbons (Fsp3) is 0.562. The molecule has 118 valence electrons. The number of aliphatic carboxylic acids is 1. The Morgan fingerprint density at radius 3 is 2.82 bits per heavy atom. The maximum Gasteiger partial charge on any atom is 0.304 e. The largest absolute Gasteiger partial charge is 0.481 e. The SMILES string of the molecule is O=C(O)CCN1C[C@H]2CC[C@@H]1CN(C(=O)c1ccccn1)C2. The van der Waals surface area contributed by atoms with Crippen molar-refractivity contribution in [2.24, 2.45) is 5.92 Å². The van der Waals surface area contributed by atoms with Crippen LogP contribution < -0.4 is 0 Å². The zero-order valence-corrected chi connectivity index (χ0v) is 12.5. The number of carboxylic acids is 1. The summed E-state index contributed by atoms with van der Waals surface area (Å²) in [5.41, 5.74) is 0.487. The lowest BCUT2D eigenvalue weighted by Crippen LogP contribution is -2.45. The molecule has 3 fully saturated rings. The highest BCUT2D eigenvalue weighted by Crippen LogP contribution is 2.28. The molecule has 0 saturated carbocycles. The molecule has 1 N–H and O–H groups in total. The summed E-state index contributed by atoms with van der Waals surface area (Å²) >= 11 is 0. The standard InChI is InChI=1S/C16H21N3O3/c20-15(21)6-8-18-9-12-4-5-13(18)11-19(10-12)16(22)14-3-1-2-7-17-14/h1-3,7,12-13H,4-6,8-11H2,(H,20,21)/t12-,13-/m1/s1. The fourth-order valence-corrected chi connectivity index (χ4v) is 3.51. The van der Waals surface area contributed by atoms with Crippen molar-refractivity contribution in [1.82, 2.24) is 14.8 Å². The van der Waals surface area contributed by atoms with Crippen molar-refractivity contribution >= 4 is 11.9 Å². The quantitative estimate of drug-likeness (QED) is 0.901. The number of carboxylic acid groups (broad SMARTS) is 1. The highest BCUT2D eigenvalue weighted by Gasteiger charge is 2.36. The molecule has 0 spiro atoms. The Balaban J connectivity index is 1.69. The lowest BCUT2D eigenvalue weighted by Gasteiger charge is -2.35. The number of amides is 1. The summed E-state index contributed by atoms with van der Waals surface area (Å²) in [6.07, 6.45) is 3.95. The monoisotopic (exact) mass is 303 g/mol. The number of fused-ring (bicyclic) bond motifs is 4. The van der Waals surface area contributed by atoms with Crippen molar-refractivity contribution in [3.05, 3.63) is 30.1 Å². The van der Waals surface area contributed by atoms with E-state index in [0.29, 0.717) is 24.7 Å². The molecule has 6 heteroatoms. The van der Waals surface area contributed by atoms with Gasteiger partial charge in [-0.1, -0.05) is 6.07 Å². The van der Waals surface area contributed by atoms with Gasteiger partial charge in [0.05, 0.1) is 6.42 Å². The Morgan fingerprint density at radius 2 is 2.09 bits per heavy atom. The van der Waals surface area contributed by atoms with Crippen LogP contribution in [-0.4, -0.2) is 64.0 Å². The van der Waals surface area contributed by atoms with Crippen molar-refractivity contribution in [3.8, 4) is 0 Å². The summed E-state index contributed by atoms with van der Waals surface area (Å²) in [5.74, 6) is -0.348. The van der Waals surface area contributed by atoms with Gasteiger partial charge in [-0.3, -0.25) is 19.5 Å². The summed E-state index contributed by atoms with van der Waals surface area (Å²) < 4.78 is 0. The molecule has 1 aromatic rings. The van der Waals surface area contributed by atoms with Gasteiger partial charge in [0, 0.05) is 38.4 Å². The van der Waals surface area contributed by atoms with E-state index in [2.05, 4.69) is 9.88 Å². The van der Waals surface area contributed by atoms with Crippen molar-refractivity contribution < 1.29 is 14.7 Å². The van der Waals surface area contributed by atoms with Crippen LogP contribution in [0.25, 0.3) is 0 Å². The average molecular weight is 303 g/mol. The van der Waals surface area contributed by atoms with Crippen LogP contribution in [0.15, 0.2) is 24.4 Å². The van der Waals surface area contributed by atoms with Gasteiger partial charge in [-0.25, -0.2) is 0 Å². The smallest absolute Gasteiger partial charge is 0.304 e. The second-order valence-corrected chi connectivity index (χ2v) is 6.16. The zero-order valence-electron chi connectivity index (χ0n) is 12.5. The van der Waals surface area contributed by atoms with Gasteiger partial charge in [0.25, 0.3) is 5.91 Å². The van der Waals surface area contributed by atoms with E-state index in [-0.39, 0.29) is 18.4 Å². The average Bonchev–Trinajstić information content (AvgIpc) is 2.84. The molecule has 0 aliphatic carbocycles. The molecule has 0 radical (unpaired) electrons. The zero-order chi connectivity index (χ0) is 15.5. The lowest BCUT2D eigenvalue weighted by molar-refractivity contribution is -0.137. The van der Waals surface area contributed by atoms with Gasteiger partial charge in [0.15, 0.2) is 0 Å². The second-order valence-electron chi connectivity index (χ2n) is 6.16. The number of carbonyl (C=O) groups is 2. The number of nitrogens with zero attached hydrogens (tertiary/aromatic N) is 3. The van der Waals surface area contributed by atoms with Crippen molar-refractivity contribution in [3.63, 3.8) is 0 Å². The van der Waals surface area contributed by atoms with Crippen LogP contribution in [0.2, 0.25) is 0 Å². The van der Waals surface area contributed by atoms with Gasteiger partial charge >= 0.3 is 5.97 Å². The summed E-state index contributed by atoms with van der Waals surface area (Å²) in [6.45, 7) is 2.88. The van der Waals surface area contributed by atoms with Crippen LogP contribution in [0.5, 0.6) is 0 Å². The Hall–Kier alpha value is -1.95. The van der Waals surface area contributed by atoms with Gasteiger partial charge in [-0.15, -0.1) is 0 Å². The number of rotatable bonds is 4. The van der Waals surface area contributed by atoms with Gasteiger partial charge in [0.2, 0.25) is 0 Å². The molecule has 4 heterocycles. The maximum atomic E-state index is 12.6. The van der Waals surface area contributed by atoms with Crippen LogP contribution in [0.4, 0.5) is 0 Å². The van der Waals surface area contributed by atoms with E-state index in [9.17, 15) is 9.59 Å². The van der Waals surface area contributed by atoms with E-state index < -0.39 is 5.97 Å². The Labute approximate surface area is 129 Å². The third-order valence-corrected chi connectivity index (χ3v) is 4.61. The van der Waals surface area contributed by atoms with E-state index in [1.54, 1.807) is 18.3 Å². The molecule has 0 aromatic carbocycles. The van der Waals surface area contributed by atoms with Crippen molar-refractivity contribution in [2.75, 3.05) is 26.2 Å². The molecule has 3 aliphatic heterocycles. The van der Waals surface area contributed by atoms with Crippen LogP contribution >= 0.6 is 0 Å². The number of piperidine rings is 1. The number of aromatic nitrogens is 1. The number of carbonyl (C=O) groups excluding carboxylic acids is 1. The molecule has 1 amide bonds. The molecule has 3 aliphatic rings. The van der Waals surface area contributed by atoms with Crippen molar-refractivity contribution in [2.45, 2.75) is 25.3 Å². The minimum absolute atomic E-state index is 0.0161. The fourth-order valence-electron chi connectivity index (χ4n) is 3.51. The topological polar surface area (TPSA) is 73.7 Å². The van der Waals surface area contributed by atoms with E-state index >= 15 is 0 Å². The molecule has 3 saturated heterocycles. The summed E-state index contributed by atoms with van der Waals surface area (Å²) in [6, 6.07) is 5.64. The lowest BCUT2D eigenvalue weighted by atomic mass is 9.95. The van der Waals surface area contributed by atoms with E-state index in [1.807, 2.05) is 11.0 Å². The summed E-state index contributed by atoms with van der Waals surface area (Å²) in [4.78, 5) is 31.7. The van der Waals surface area contributed by atoms with Crippen LogP contribution in [0.1, 0.15) is 29.8 Å². The highest BCUT2D eigenvalue weighted by molar-refractivity contribution is 5.92. The first-order chi connectivity index (χ1) is 10.6. The molecule has 0 unspecified atom stereocenters. The minimum Gasteiger partial charge on any atom is -0.481 e. The molecular formula is C16H21N3O3. The number of hydrogen-bond acceptors (Lipinski definition) is 4.